The topological polar surface area (TPSA) is 410 Å². The monoisotopic (exact) mass is 1150 g/mol. The SMILES string of the molecule is COc1ccccc1Oc1c(OCCOC(=O)OCCOCCON(O)O)nc(-c2ncccn2)nc1N(C(C)OC(=O)OCCOCCON(O)O)S(=O)(=O)c1ccc(C(C)(C)COC(=O)OCCOCCON(O)O)cc1. The largest absolute Gasteiger partial charge is 0.510 e. The van der Waals surface area contributed by atoms with E-state index in [9.17, 15) is 14.4 Å². The van der Waals surface area contributed by atoms with Crippen LogP contribution in [0, 0.1) is 0 Å². The van der Waals surface area contributed by atoms with Gasteiger partial charge in [-0.25, -0.2) is 56.6 Å². The summed E-state index contributed by atoms with van der Waals surface area (Å²) in [6.45, 7) is 1.01. The van der Waals surface area contributed by atoms with Crippen molar-refractivity contribution >= 4 is 34.3 Å². The molecule has 1 unspecified atom stereocenters. The van der Waals surface area contributed by atoms with Crippen molar-refractivity contribution in [1.82, 2.24) is 36.1 Å². The maximum atomic E-state index is 15.3. The van der Waals surface area contributed by atoms with Gasteiger partial charge in [-0.1, -0.05) is 38.1 Å². The third-order valence-electron chi connectivity index (χ3n) is 9.60. The molecule has 0 amide bonds. The fraction of sp³-hybridized carbons (Fsp3) is 0.477. The molecule has 0 aliphatic heterocycles. The van der Waals surface area contributed by atoms with E-state index in [1.165, 1.54) is 68.9 Å². The number of hydrogen-bond acceptors (Lipinski definition) is 33. The number of ether oxygens (including phenoxy) is 12. The number of para-hydroxylation sites is 2. The van der Waals surface area contributed by atoms with E-state index >= 15 is 8.42 Å². The fourth-order valence-electron chi connectivity index (χ4n) is 6.04. The number of sulfonamides is 1. The predicted molar refractivity (Wildman–Crippen MR) is 254 cm³/mol. The molecule has 0 bridgehead atoms. The van der Waals surface area contributed by atoms with Gasteiger partial charge in [0.05, 0.1) is 87.6 Å². The summed E-state index contributed by atoms with van der Waals surface area (Å²) >= 11 is 0. The van der Waals surface area contributed by atoms with Gasteiger partial charge in [-0.2, -0.15) is 4.98 Å². The van der Waals surface area contributed by atoms with Gasteiger partial charge < -0.3 is 56.8 Å². The second kappa shape index (κ2) is 34.1. The maximum absolute atomic E-state index is 15.3. The van der Waals surface area contributed by atoms with Gasteiger partial charge in [0.2, 0.25) is 11.6 Å². The number of carbonyl (C=O) groups is 3. The predicted octanol–water partition coefficient (Wildman–Crippen LogP) is 3.48. The van der Waals surface area contributed by atoms with Gasteiger partial charge in [-0.3, -0.25) is 31.2 Å². The minimum absolute atomic E-state index is 0.0288. The van der Waals surface area contributed by atoms with E-state index in [2.05, 4.69) is 34.4 Å². The number of anilines is 1. The van der Waals surface area contributed by atoms with Crippen molar-refractivity contribution in [2.45, 2.75) is 37.3 Å². The molecule has 0 radical (unpaired) electrons. The second-order valence-corrected chi connectivity index (χ2v) is 17.4. The molecule has 0 saturated heterocycles. The minimum atomic E-state index is -5.02. The van der Waals surface area contributed by atoms with Gasteiger partial charge in [-0.05, 0) is 42.8 Å². The Balaban J connectivity index is 1.72. The van der Waals surface area contributed by atoms with Crippen molar-refractivity contribution < 1.29 is 125 Å². The molecule has 6 N–H and O–H groups in total. The Morgan fingerprint density at radius 1 is 0.582 bits per heavy atom. The second-order valence-electron chi connectivity index (χ2n) is 15.6. The zero-order valence-corrected chi connectivity index (χ0v) is 43.7. The summed E-state index contributed by atoms with van der Waals surface area (Å²) in [7, 11) is -3.68. The van der Waals surface area contributed by atoms with Crippen LogP contribution in [0.4, 0.5) is 20.2 Å². The van der Waals surface area contributed by atoms with Crippen molar-refractivity contribution in [3.05, 3.63) is 72.6 Å². The van der Waals surface area contributed by atoms with Crippen LogP contribution < -0.4 is 18.5 Å². The molecular weight excluding hydrogens is 1090 g/mol. The molecule has 0 aliphatic carbocycles. The Labute approximate surface area is 450 Å². The summed E-state index contributed by atoms with van der Waals surface area (Å²) in [5.41, 5.74) is -0.479. The Kier molecular flexibility index (Phi) is 27.8. The summed E-state index contributed by atoms with van der Waals surface area (Å²) in [5.74, 6) is -2.08. The molecule has 0 spiro atoms. The smallest absolute Gasteiger partial charge is 0.493 e. The van der Waals surface area contributed by atoms with E-state index in [1.807, 2.05) is 0 Å². The third-order valence-corrected chi connectivity index (χ3v) is 11.5. The summed E-state index contributed by atoms with van der Waals surface area (Å²) in [5, 5.41) is 50.2. The van der Waals surface area contributed by atoms with Crippen LogP contribution in [-0.4, -0.2) is 207 Å². The van der Waals surface area contributed by atoms with Crippen LogP contribution in [0.5, 0.6) is 23.1 Å². The van der Waals surface area contributed by atoms with Gasteiger partial charge in [0.1, 0.15) is 39.6 Å². The zero-order chi connectivity index (χ0) is 57.6. The lowest BCUT2D eigenvalue weighted by Gasteiger charge is -2.31. The molecule has 4 rings (SSSR count). The highest BCUT2D eigenvalue weighted by Gasteiger charge is 2.39. The third kappa shape index (κ3) is 23.1. The molecule has 0 saturated carbocycles. The van der Waals surface area contributed by atoms with Crippen LogP contribution in [-0.2, 0) is 72.6 Å². The van der Waals surface area contributed by atoms with Gasteiger partial charge in [-0.15, -0.1) is 0 Å². The van der Waals surface area contributed by atoms with E-state index in [1.54, 1.807) is 26.0 Å². The lowest BCUT2D eigenvalue weighted by atomic mass is 9.86. The lowest BCUT2D eigenvalue weighted by Crippen LogP contribution is -2.42. The highest BCUT2D eigenvalue weighted by molar-refractivity contribution is 7.92. The molecule has 2 aromatic carbocycles. The van der Waals surface area contributed by atoms with Crippen molar-refractivity contribution in [3.63, 3.8) is 0 Å². The summed E-state index contributed by atoms with van der Waals surface area (Å²) < 4.78 is 95.9. The van der Waals surface area contributed by atoms with Crippen LogP contribution >= 0.6 is 0 Å². The van der Waals surface area contributed by atoms with Gasteiger partial charge in [0.15, 0.2) is 29.4 Å². The van der Waals surface area contributed by atoms with E-state index in [-0.39, 0.29) is 102 Å². The summed E-state index contributed by atoms with van der Waals surface area (Å²) in [6, 6.07) is 13.0. The van der Waals surface area contributed by atoms with E-state index < -0.39 is 98.5 Å². The molecule has 0 aliphatic rings. The first-order valence-electron chi connectivity index (χ1n) is 23.2. The average molecular weight is 1150 g/mol. The molecule has 2 aromatic heterocycles. The summed E-state index contributed by atoms with van der Waals surface area (Å²) in [6.07, 6.45) is -2.76. The van der Waals surface area contributed by atoms with E-state index in [0.29, 0.717) is 9.87 Å². The molecule has 0 fully saturated rings. The molecular formula is C44H60N8O26S. The number of benzene rings is 2. The number of aromatic nitrogens is 4. The zero-order valence-electron chi connectivity index (χ0n) is 42.9. The maximum Gasteiger partial charge on any atom is 0.510 e. The van der Waals surface area contributed by atoms with E-state index in [0.717, 1.165) is 0 Å². The van der Waals surface area contributed by atoms with E-state index in [4.69, 9.17) is 88.1 Å². The van der Waals surface area contributed by atoms with Crippen molar-refractivity contribution in [2.75, 3.05) is 111 Å². The first-order valence-corrected chi connectivity index (χ1v) is 24.6. The minimum Gasteiger partial charge on any atom is -0.493 e. The molecule has 4 aromatic rings. The number of hydrogen-bond donors (Lipinski definition) is 6. The number of methoxy groups -OCH3 is 1. The van der Waals surface area contributed by atoms with Crippen LogP contribution in [0.1, 0.15) is 26.3 Å². The molecule has 79 heavy (non-hydrogen) atoms. The first kappa shape index (κ1) is 64.5. The van der Waals surface area contributed by atoms with Crippen LogP contribution in [0.15, 0.2) is 71.9 Å². The highest BCUT2D eigenvalue weighted by Crippen LogP contribution is 2.44. The Morgan fingerprint density at radius 2 is 1.06 bits per heavy atom. The molecule has 438 valence electrons. The number of carbonyl (C=O) groups excluding carboxylic acids is 3. The van der Waals surface area contributed by atoms with Gasteiger partial charge in [0.25, 0.3) is 15.9 Å². The van der Waals surface area contributed by atoms with Crippen LogP contribution in [0.25, 0.3) is 11.6 Å². The number of nitrogens with zero attached hydrogens (tertiary/aromatic N) is 8. The van der Waals surface area contributed by atoms with Crippen molar-refractivity contribution in [3.8, 4) is 34.8 Å². The Hall–Kier alpha value is -7.04. The molecule has 35 heteroatoms. The average Bonchev–Trinajstić information content (AvgIpc) is 3.51. The normalized spacial score (nSPS) is 12.0. The Morgan fingerprint density at radius 3 is 1.58 bits per heavy atom. The lowest BCUT2D eigenvalue weighted by molar-refractivity contribution is -0.493. The fourth-order valence-corrected chi connectivity index (χ4v) is 7.53. The standard InChI is InChI=1S/C44H60N8O26S/c1-31(77-43(55)72-24-18-67-21-29-76-52(60)61)49(79(62,63)33-12-10-32(11-13-33)44(2,3)30-73-42(54)70-23-17-66-20-28-75-51(58)59)39-36(78-35-9-6-5-8-34(35)64-4)40(48-38(47-39)37-45-14-7-15-46-37)68-25-26-71-41(53)69-22-16-65-19-27-74-50(56)57/h5-15,31,56-61H,16-30H2,1-4H3. The molecule has 1 atom stereocenters. The number of rotatable bonds is 37. The Bertz CT molecular complexity index is 2560. The highest BCUT2D eigenvalue weighted by atomic mass is 32.2. The van der Waals surface area contributed by atoms with Crippen LogP contribution in [0.2, 0.25) is 0 Å². The van der Waals surface area contributed by atoms with Gasteiger partial charge >= 0.3 is 18.5 Å². The quantitative estimate of drug-likeness (QED) is 0.0124. The first-order chi connectivity index (χ1) is 37.8. The van der Waals surface area contributed by atoms with Gasteiger partial charge in [0, 0.05) is 17.8 Å². The van der Waals surface area contributed by atoms with Crippen LogP contribution in [0.3, 0.4) is 0 Å². The van der Waals surface area contributed by atoms with Crippen molar-refractivity contribution in [1.29, 1.82) is 0 Å². The molecule has 34 nitrogen and oxygen atoms in total. The summed E-state index contributed by atoms with van der Waals surface area (Å²) in [4.78, 5) is 68.4. The molecule has 2 heterocycles. The van der Waals surface area contributed by atoms with Crippen molar-refractivity contribution in [2.24, 2.45) is 0 Å².